The van der Waals surface area contributed by atoms with Crippen LogP contribution in [0.3, 0.4) is 0 Å². The van der Waals surface area contributed by atoms with Gasteiger partial charge < -0.3 is 0 Å². The van der Waals surface area contributed by atoms with Crippen molar-refractivity contribution in [3.8, 4) is 11.3 Å². The fourth-order valence-electron chi connectivity index (χ4n) is 1.63. The summed E-state index contributed by atoms with van der Waals surface area (Å²) in [7, 11) is 0. The highest BCUT2D eigenvalue weighted by molar-refractivity contribution is 5.61. The second-order valence-electron chi connectivity index (χ2n) is 3.43. The van der Waals surface area contributed by atoms with Gasteiger partial charge in [0.25, 0.3) is 0 Å². The van der Waals surface area contributed by atoms with E-state index in [2.05, 4.69) is 9.97 Å². The maximum atomic E-state index is 13.5. The van der Waals surface area contributed by atoms with Crippen molar-refractivity contribution in [2.24, 2.45) is 0 Å². The summed E-state index contributed by atoms with van der Waals surface area (Å²) in [5.41, 5.74) is 1.09. The van der Waals surface area contributed by atoms with Crippen LogP contribution in [0.1, 0.15) is 0 Å². The molecule has 78 valence electrons. The number of hydrogen-bond acceptors (Lipinski definition) is 2. The number of hydrogen-bond donors (Lipinski definition) is 0. The first-order valence-electron chi connectivity index (χ1n) is 4.89. The first kappa shape index (κ1) is 9.03. The predicted molar refractivity (Wildman–Crippen MR) is 58.4 cm³/mol. The molecule has 2 heterocycles. The summed E-state index contributed by atoms with van der Waals surface area (Å²) in [6.45, 7) is 0. The third-order valence-corrected chi connectivity index (χ3v) is 2.39. The number of fused-ring (bicyclic) bond motifs is 1. The maximum absolute atomic E-state index is 13.5. The maximum Gasteiger partial charge on any atom is 0.234 e. The van der Waals surface area contributed by atoms with E-state index in [-0.39, 0.29) is 5.82 Å². The minimum atomic E-state index is -0.272. The third kappa shape index (κ3) is 1.35. The molecule has 0 amide bonds. The summed E-state index contributed by atoms with van der Waals surface area (Å²) < 4.78 is 15.3. The number of benzene rings is 1. The topological polar surface area (TPSA) is 30.2 Å². The molecule has 0 saturated heterocycles. The summed E-state index contributed by atoms with van der Waals surface area (Å²) in [5, 5.41) is 0. The van der Waals surface area contributed by atoms with Crippen molar-refractivity contribution in [2.75, 3.05) is 0 Å². The van der Waals surface area contributed by atoms with E-state index >= 15 is 0 Å². The Balaban J connectivity index is 2.23. The van der Waals surface area contributed by atoms with Crippen molar-refractivity contribution in [2.45, 2.75) is 0 Å². The summed E-state index contributed by atoms with van der Waals surface area (Å²) in [4.78, 5) is 8.34. The van der Waals surface area contributed by atoms with Crippen LogP contribution >= 0.6 is 0 Å². The molecule has 16 heavy (non-hydrogen) atoms. The van der Waals surface area contributed by atoms with E-state index < -0.39 is 0 Å². The molecule has 2 aromatic heterocycles. The summed E-state index contributed by atoms with van der Waals surface area (Å²) >= 11 is 0. The van der Waals surface area contributed by atoms with Crippen molar-refractivity contribution in [1.29, 1.82) is 0 Å². The van der Waals surface area contributed by atoms with Crippen LogP contribution in [-0.2, 0) is 0 Å². The van der Waals surface area contributed by atoms with Gasteiger partial charge >= 0.3 is 0 Å². The Labute approximate surface area is 91.2 Å². The number of aromatic nitrogens is 3. The summed E-state index contributed by atoms with van der Waals surface area (Å²) in [5.74, 6) is 0.298. The molecular formula is C12H8FN3. The average molecular weight is 213 g/mol. The molecule has 0 atom stereocenters. The van der Waals surface area contributed by atoms with E-state index in [0.29, 0.717) is 17.0 Å². The van der Waals surface area contributed by atoms with Gasteiger partial charge in [0, 0.05) is 24.2 Å². The van der Waals surface area contributed by atoms with Crippen molar-refractivity contribution >= 4 is 5.78 Å². The van der Waals surface area contributed by atoms with E-state index in [1.807, 2.05) is 6.20 Å². The van der Waals surface area contributed by atoms with Gasteiger partial charge in [-0.05, 0) is 18.2 Å². The van der Waals surface area contributed by atoms with Crippen LogP contribution < -0.4 is 0 Å². The molecule has 0 radical (unpaired) electrons. The lowest BCUT2D eigenvalue weighted by molar-refractivity contribution is 0.631. The van der Waals surface area contributed by atoms with Gasteiger partial charge in [0.1, 0.15) is 5.82 Å². The highest BCUT2D eigenvalue weighted by Crippen LogP contribution is 2.21. The van der Waals surface area contributed by atoms with Crippen molar-refractivity contribution < 1.29 is 4.39 Å². The van der Waals surface area contributed by atoms with Gasteiger partial charge in [0.2, 0.25) is 5.78 Å². The van der Waals surface area contributed by atoms with Gasteiger partial charge in [-0.15, -0.1) is 0 Å². The fourth-order valence-corrected chi connectivity index (χ4v) is 1.63. The van der Waals surface area contributed by atoms with E-state index in [4.69, 9.17) is 0 Å². The standard InChI is InChI=1S/C12H8FN3/c13-10-5-2-1-4-9(10)11-8-16-7-3-6-14-12(16)15-11/h1-8H. The zero-order chi connectivity index (χ0) is 11.0. The van der Waals surface area contributed by atoms with Crippen LogP contribution in [0.2, 0.25) is 0 Å². The van der Waals surface area contributed by atoms with Gasteiger partial charge in [-0.25, -0.2) is 14.4 Å². The minimum absolute atomic E-state index is 0.272. The molecule has 3 rings (SSSR count). The van der Waals surface area contributed by atoms with Crippen LogP contribution in [0, 0.1) is 5.82 Å². The van der Waals surface area contributed by atoms with Gasteiger partial charge in [-0.3, -0.25) is 4.40 Å². The Kier molecular flexibility index (Phi) is 1.93. The van der Waals surface area contributed by atoms with Crippen LogP contribution in [0.5, 0.6) is 0 Å². The molecule has 0 bridgehead atoms. The zero-order valence-electron chi connectivity index (χ0n) is 8.34. The molecule has 0 aliphatic heterocycles. The van der Waals surface area contributed by atoms with E-state index in [9.17, 15) is 4.39 Å². The van der Waals surface area contributed by atoms with Gasteiger partial charge in [0.05, 0.1) is 5.69 Å². The SMILES string of the molecule is Fc1ccccc1-c1cn2cccnc2n1. The normalized spacial score (nSPS) is 10.8. The Bertz CT molecular complexity index is 612. The Morgan fingerprint density at radius 2 is 2.00 bits per heavy atom. The first-order chi connectivity index (χ1) is 7.84. The molecule has 1 aromatic carbocycles. The van der Waals surface area contributed by atoms with Gasteiger partial charge in [-0.2, -0.15) is 0 Å². The molecule has 3 aromatic rings. The van der Waals surface area contributed by atoms with Gasteiger partial charge in [-0.1, -0.05) is 12.1 Å². The van der Waals surface area contributed by atoms with Gasteiger partial charge in [0.15, 0.2) is 0 Å². The van der Waals surface area contributed by atoms with Crippen molar-refractivity contribution in [3.05, 3.63) is 54.7 Å². The first-order valence-corrected chi connectivity index (χ1v) is 4.89. The minimum Gasteiger partial charge on any atom is -0.291 e. The third-order valence-electron chi connectivity index (χ3n) is 2.39. The average Bonchev–Trinajstić information content (AvgIpc) is 2.73. The molecule has 0 N–H and O–H groups in total. The zero-order valence-corrected chi connectivity index (χ0v) is 8.34. The summed E-state index contributed by atoms with van der Waals surface area (Å²) in [6.07, 6.45) is 5.26. The lowest BCUT2D eigenvalue weighted by Gasteiger charge is -1.96. The Hall–Kier alpha value is -2.23. The molecule has 0 saturated carbocycles. The van der Waals surface area contributed by atoms with E-state index in [1.54, 1.807) is 41.1 Å². The Morgan fingerprint density at radius 1 is 1.12 bits per heavy atom. The molecule has 0 fully saturated rings. The highest BCUT2D eigenvalue weighted by Gasteiger charge is 2.08. The number of imidazole rings is 1. The largest absolute Gasteiger partial charge is 0.291 e. The summed E-state index contributed by atoms with van der Waals surface area (Å²) in [6, 6.07) is 8.38. The quantitative estimate of drug-likeness (QED) is 0.621. The second kappa shape index (κ2) is 3.41. The lowest BCUT2D eigenvalue weighted by Crippen LogP contribution is -1.83. The number of nitrogens with zero attached hydrogens (tertiary/aromatic N) is 3. The van der Waals surface area contributed by atoms with Crippen molar-refractivity contribution in [1.82, 2.24) is 14.4 Å². The van der Waals surface area contributed by atoms with Crippen molar-refractivity contribution in [3.63, 3.8) is 0 Å². The highest BCUT2D eigenvalue weighted by atomic mass is 19.1. The smallest absolute Gasteiger partial charge is 0.234 e. The van der Waals surface area contributed by atoms with E-state index in [0.717, 1.165) is 0 Å². The molecule has 0 aliphatic carbocycles. The van der Waals surface area contributed by atoms with Crippen LogP contribution in [0.15, 0.2) is 48.9 Å². The molecule has 0 unspecified atom stereocenters. The van der Waals surface area contributed by atoms with E-state index in [1.165, 1.54) is 6.07 Å². The molecule has 0 aliphatic rings. The Morgan fingerprint density at radius 3 is 2.81 bits per heavy atom. The monoisotopic (exact) mass is 213 g/mol. The number of halogens is 1. The molecule has 0 spiro atoms. The molecule has 3 nitrogen and oxygen atoms in total. The molecular weight excluding hydrogens is 205 g/mol. The second-order valence-corrected chi connectivity index (χ2v) is 3.43. The lowest BCUT2D eigenvalue weighted by atomic mass is 10.1. The molecule has 4 heteroatoms. The number of rotatable bonds is 1. The van der Waals surface area contributed by atoms with Crippen LogP contribution in [-0.4, -0.2) is 14.4 Å². The fraction of sp³-hybridized carbons (Fsp3) is 0. The van der Waals surface area contributed by atoms with Crippen LogP contribution in [0.25, 0.3) is 17.0 Å². The predicted octanol–water partition coefficient (Wildman–Crippen LogP) is 2.54. The van der Waals surface area contributed by atoms with Crippen LogP contribution in [0.4, 0.5) is 4.39 Å².